The molecule has 1 fully saturated rings. The molecular formula is C24H35N2O6P. The van der Waals surface area contributed by atoms with Gasteiger partial charge in [0.15, 0.2) is 5.66 Å². The summed E-state index contributed by atoms with van der Waals surface area (Å²) in [6.07, 6.45) is 4.90. The first-order chi connectivity index (χ1) is 15.6. The second-order valence-electron chi connectivity index (χ2n) is 9.32. The summed E-state index contributed by atoms with van der Waals surface area (Å²) in [6.45, 7) is 8.86. The van der Waals surface area contributed by atoms with Gasteiger partial charge >= 0.3 is 13.6 Å². The molecule has 0 saturated heterocycles. The van der Waals surface area contributed by atoms with Gasteiger partial charge in [-0.15, -0.1) is 0 Å². The first kappa shape index (κ1) is 25.6. The van der Waals surface area contributed by atoms with Crippen LogP contribution in [0, 0.1) is 5.92 Å². The third-order valence-corrected chi connectivity index (χ3v) is 7.66. The van der Waals surface area contributed by atoms with E-state index >= 15 is 0 Å². The Morgan fingerprint density at radius 2 is 1.79 bits per heavy atom. The van der Waals surface area contributed by atoms with Crippen molar-refractivity contribution in [3.63, 3.8) is 0 Å². The molecule has 0 aliphatic heterocycles. The standard InChI is InChI=1S/C24H35N2O6P/c1-6-29-33(28,30-7-2)20(23(27)31-24(3,4)5)16-21-25-22(26-32-21)19-14-12-18(13-15-19)11-10-17-8-9-17/h12-15,17,20H,6-11,16H2,1-5H3. The second kappa shape index (κ2) is 10.9. The van der Waals surface area contributed by atoms with Gasteiger partial charge in [-0.3, -0.25) is 9.36 Å². The van der Waals surface area contributed by atoms with Crippen LogP contribution in [0.5, 0.6) is 0 Å². The Balaban J connectivity index is 1.77. The van der Waals surface area contributed by atoms with E-state index in [2.05, 4.69) is 22.3 Å². The quantitative estimate of drug-likeness (QED) is 0.287. The van der Waals surface area contributed by atoms with Crippen molar-refractivity contribution in [1.29, 1.82) is 0 Å². The van der Waals surface area contributed by atoms with Gasteiger partial charge in [-0.2, -0.15) is 4.98 Å². The highest BCUT2D eigenvalue weighted by Crippen LogP contribution is 2.54. The van der Waals surface area contributed by atoms with Crippen LogP contribution in [0.2, 0.25) is 0 Å². The highest BCUT2D eigenvalue weighted by atomic mass is 31.2. The molecule has 3 rings (SSSR count). The van der Waals surface area contributed by atoms with Crippen LogP contribution in [0.15, 0.2) is 28.8 Å². The molecule has 1 heterocycles. The van der Waals surface area contributed by atoms with Crippen LogP contribution in [0.1, 0.15) is 65.3 Å². The summed E-state index contributed by atoms with van der Waals surface area (Å²) in [5, 5.41) is 4.05. The lowest BCUT2D eigenvalue weighted by Gasteiger charge is -2.27. The Kier molecular flexibility index (Phi) is 8.48. The number of rotatable bonds is 12. The Morgan fingerprint density at radius 1 is 1.15 bits per heavy atom. The summed E-state index contributed by atoms with van der Waals surface area (Å²) in [5.41, 5.74) is 0.120. The summed E-state index contributed by atoms with van der Waals surface area (Å²) >= 11 is 0. The smallest absolute Gasteiger partial charge is 0.345 e. The fourth-order valence-corrected chi connectivity index (χ4v) is 5.33. The predicted molar refractivity (Wildman–Crippen MR) is 125 cm³/mol. The highest BCUT2D eigenvalue weighted by molar-refractivity contribution is 7.55. The lowest BCUT2D eigenvalue weighted by atomic mass is 10.1. The molecule has 1 aliphatic rings. The molecule has 1 atom stereocenters. The lowest BCUT2D eigenvalue weighted by Crippen LogP contribution is -2.34. The van der Waals surface area contributed by atoms with Gasteiger partial charge in [0.2, 0.25) is 11.7 Å². The van der Waals surface area contributed by atoms with E-state index in [1.807, 2.05) is 12.1 Å². The summed E-state index contributed by atoms with van der Waals surface area (Å²) in [5.74, 6) is 0.779. The number of hydrogen-bond donors (Lipinski definition) is 0. The lowest BCUT2D eigenvalue weighted by molar-refractivity contribution is -0.154. The van der Waals surface area contributed by atoms with Gasteiger partial charge in [-0.05, 0) is 58.9 Å². The van der Waals surface area contributed by atoms with Crippen LogP contribution in [-0.2, 0) is 36.0 Å². The molecule has 1 aliphatic carbocycles. The van der Waals surface area contributed by atoms with E-state index in [-0.39, 0.29) is 25.5 Å². The van der Waals surface area contributed by atoms with E-state index in [9.17, 15) is 9.36 Å². The Bertz CT molecular complexity index is 952. The van der Waals surface area contributed by atoms with Gasteiger partial charge in [-0.25, -0.2) is 0 Å². The topological polar surface area (TPSA) is 101 Å². The molecule has 8 nitrogen and oxygen atoms in total. The summed E-state index contributed by atoms with van der Waals surface area (Å²) in [7, 11) is -3.82. The van der Waals surface area contributed by atoms with Crippen LogP contribution in [0.4, 0.5) is 0 Å². The minimum absolute atomic E-state index is 0.112. The molecule has 0 amide bonds. The van der Waals surface area contributed by atoms with Crippen molar-refractivity contribution >= 4 is 13.6 Å². The van der Waals surface area contributed by atoms with Crippen molar-refractivity contribution in [2.75, 3.05) is 13.2 Å². The largest absolute Gasteiger partial charge is 0.459 e. The molecule has 1 aromatic heterocycles. The number of aromatic nitrogens is 2. The molecule has 33 heavy (non-hydrogen) atoms. The first-order valence-electron chi connectivity index (χ1n) is 11.7. The fraction of sp³-hybridized carbons (Fsp3) is 0.625. The average molecular weight is 479 g/mol. The first-order valence-corrected chi connectivity index (χ1v) is 13.3. The average Bonchev–Trinajstić information content (AvgIpc) is 3.45. The minimum atomic E-state index is -3.82. The van der Waals surface area contributed by atoms with E-state index in [4.69, 9.17) is 18.3 Å². The zero-order valence-electron chi connectivity index (χ0n) is 20.2. The van der Waals surface area contributed by atoms with E-state index in [1.54, 1.807) is 34.6 Å². The van der Waals surface area contributed by atoms with Crippen LogP contribution < -0.4 is 0 Å². The molecule has 9 heteroatoms. The molecule has 1 unspecified atom stereocenters. The van der Waals surface area contributed by atoms with Crippen molar-refractivity contribution in [1.82, 2.24) is 10.1 Å². The molecule has 182 valence electrons. The number of esters is 1. The molecule has 0 N–H and O–H groups in total. The van der Waals surface area contributed by atoms with Crippen molar-refractivity contribution in [3.05, 3.63) is 35.7 Å². The number of nitrogens with zero attached hydrogens (tertiary/aromatic N) is 2. The third kappa shape index (κ3) is 7.49. The van der Waals surface area contributed by atoms with Crippen LogP contribution in [0.25, 0.3) is 11.4 Å². The minimum Gasteiger partial charge on any atom is -0.459 e. The maximum atomic E-state index is 13.4. The van der Waals surface area contributed by atoms with Gasteiger partial charge in [0.1, 0.15) is 5.60 Å². The Morgan fingerprint density at radius 3 is 2.33 bits per heavy atom. The molecule has 0 radical (unpaired) electrons. The maximum absolute atomic E-state index is 13.4. The monoisotopic (exact) mass is 478 g/mol. The van der Waals surface area contributed by atoms with Crippen LogP contribution >= 0.6 is 7.60 Å². The zero-order valence-corrected chi connectivity index (χ0v) is 21.1. The normalized spacial score (nSPS) is 15.4. The number of aryl methyl sites for hydroxylation is 1. The number of benzene rings is 1. The predicted octanol–water partition coefficient (Wildman–Crippen LogP) is 5.60. The highest BCUT2D eigenvalue weighted by Gasteiger charge is 2.44. The van der Waals surface area contributed by atoms with Crippen LogP contribution in [-0.4, -0.2) is 40.6 Å². The summed E-state index contributed by atoms with van der Waals surface area (Å²) in [4.78, 5) is 17.4. The van der Waals surface area contributed by atoms with Gasteiger partial charge in [0.05, 0.1) is 19.6 Å². The van der Waals surface area contributed by atoms with Gasteiger partial charge in [0, 0.05) is 5.56 Å². The molecule has 2 aromatic rings. The van der Waals surface area contributed by atoms with Crippen molar-refractivity contribution in [2.45, 2.75) is 78.0 Å². The zero-order chi connectivity index (χ0) is 24.1. The summed E-state index contributed by atoms with van der Waals surface area (Å²) < 4.78 is 35.2. The van der Waals surface area contributed by atoms with Crippen molar-refractivity contribution in [3.8, 4) is 11.4 Å². The maximum Gasteiger partial charge on any atom is 0.345 e. The molecule has 1 saturated carbocycles. The van der Waals surface area contributed by atoms with E-state index in [0.29, 0.717) is 5.82 Å². The van der Waals surface area contributed by atoms with Gasteiger partial charge in [-0.1, -0.05) is 42.3 Å². The third-order valence-electron chi connectivity index (χ3n) is 5.27. The molecule has 0 bridgehead atoms. The second-order valence-corrected chi connectivity index (χ2v) is 11.5. The van der Waals surface area contributed by atoms with E-state index in [0.717, 1.165) is 17.9 Å². The van der Waals surface area contributed by atoms with Crippen molar-refractivity contribution < 1.29 is 27.7 Å². The molecule has 0 spiro atoms. The summed E-state index contributed by atoms with van der Waals surface area (Å²) in [6, 6.07) is 8.09. The van der Waals surface area contributed by atoms with Gasteiger partial charge < -0.3 is 18.3 Å². The number of ether oxygens (including phenoxy) is 1. The Hall–Kier alpha value is -2.02. The van der Waals surface area contributed by atoms with Crippen molar-refractivity contribution in [2.24, 2.45) is 5.92 Å². The molecule has 1 aromatic carbocycles. The number of carbonyl (C=O) groups is 1. The number of carbonyl (C=O) groups excluding carboxylic acids is 1. The Labute approximate surface area is 195 Å². The molecular weight excluding hydrogens is 443 g/mol. The number of hydrogen-bond acceptors (Lipinski definition) is 8. The van der Waals surface area contributed by atoms with Gasteiger partial charge in [0.25, 0.3) is 0 Å². The van der Waals surface area contributed by atoms with Crippen LogP contribution in [0.3, 0.4) is 0 Å². The fourth-order valence-electron chi connectivity index (χ4n) is 3.49. The van der Waals surface area contributed by atoms with E-state index < -0.39 is 24.8 Å². The SMILES string of the molecule is CCOP(=O)(OCC)C(Cc1nc(-c2ccc(CCC3CC3)cc2)no1)C(=O)OC(C)(C)C. The van der Waals surface area contributed by atoms with E-state index in [1.165, 1.54) is 24.8 Å².